The molecule has 0 aromatic heterocycles. The second-order valence-corrected chi connectivity index (χ2v) is 4.38. The molecule has 1 fully saturated rings. The summed E-state index contributed by atoms with van der Waals surface area (Å²) in [6.45, 7) is 7.38. The fraction of sp³-hybridized carbons (Fsp3) is 0.538. The van der Waals surface area contributed by atoms with Gasteiger partial charge in [-0.3, -0.25) is 0 Å². The van der Waals surface area contributed by atoms with Crippen LogP contribution in [0.2, 0.25) is 0 Å². The highest BCUT2D eigenvalue weighted by Gasteiger charge is 2.16. The average molecular weight is 205 g/mol. The van der Waals surface area contributed by atoms with Crippen LogP contribution in [0.5, 0.6) is 5.75 Å². The fourth-order valence-electron chi connectivity index (χ4n) is 1.91. The molecule has 2 rings (SSSR count). The Hall–Kier alpha value is -1.02. The highest BCUT2D eigenvalue weighted by atomic mass is 16.5. The largest absolute Gasteiger partial charge is 0.493 e. The SMILES string of the molecule is Cc1cccc(C)c1OCCC1CNC1. The molecule has 0 saturated carbocycles. The van der Waals surface area contributed by atoms with Crippen molar-refractivity contribution in [1.82, 2.24) is 5.32 Å². The molecule has 1 aromatic carbocycles. The van der Waals surface area contributed by atoms with Crippen LogP contribution in [0, 0.1) is 19.8 Å². The summed E-state index contributed by atoms with van der Waals surface area (Å²) in [7, 11) is 0. The van der Waals surface area contributed by atoms with Crippen molar-refractivity contribution in [3.63, 3.8) is 0 Å². The first-order valence-corrected chi connectivity index (χ1v) is 5.67. The van der Waals surface area contributed by atoms with Crippen LogP contribution in [-0.2, 0) is 0 Å². The van der Waals surface area contributed by atoms with Gasteiger partial charge in [-0.1, -0.05) is 18.2 Å². The van der Waals surface area contributed by atoms with E-state index in [0.717, 1.165) is 31.4 Å². The van der Waals surface area contributed by atoms with Crippen molar-refractivity contribution in [3.8, 4) is 5.75 Å². The average Bonchev–Trinajstić information content (AvgIpc) is 2.13. The van der Waals surface area contributed by atoms with Crippen molar-refractivity contribution >= 4 is 0 Å². The summed E-state index contributed by atoms with van der Waals surface area (Å²) in [5.74, 6) is 1.90. The minimum Gasteiger partial charge on any atom is -0.493 e. The zero-order valence-electron chi connectivity index (χ0n) is 9.55. The maximum atomic E-state index is 5.85. The quantitative estimate of drug-likeness (QED) is 0.814. The van der Waals surface area contributed by atoms with Crippen molar-refractivity contribution in [2.24, 2.45) is 5.92 Å². The van der Waals surface area contributed by atoms with E-state index in [4.69, 9.17) is 4.74 Å². The van der Waals surface area contributed by atoms with E-state index in [1.54, 1.807) is 0 Å². The molecule has 0 atom stereocenters. The van der Waals surface area contributed by atoms with Gasteiger partial charge in [0.2, 0.25) is 0 Å². The smallest absolute Gasteiger partial charge is 0.125 e. The van der Waals surface area contributed by atoms with E-state index in [0.29, 0.717) is 0 Å². The third kappa shape index (κ3) is 2.51. The van der Waals surface area contributed by atoms with Crippen molar-refractivity contribution < 1.29 is 4.74 Å². The number of benzene rings is 1. The van der Waals surface area contributed by atoms with Crippen molar-refractivity contribution in [2.45, 2.75) is 20.3 Å². The standard InChI is InChI=1S/C13H19NO/c1-10-4-3-5-11(2)13(10)15-7-6-12-8-14-9-12/h3-5,12,14H,6-9H2,1-2H3. The lowest BCUT2D eigenvalue weighted by Crippen LogP contribution is -2.42. The third-order valence-corrected chi connectivity index (χ3v) is 3.05. The molecular weight excluding hydrogens is 186 g/mol. The van der Waals surface area contributed by atoms with Crippen LogP contribution in [0.25, 0.3) is 0 Å². The fourth-order valence-corrected chi connectivity index (χ4v) is 1.91. The Bertz CT molecular complexity index is 311. The number of hydrogen-bond donors (Lipinski definition) is 1. The lowest BCUT2D eigenvalue weighted by molar-refractivity contribution is 0.236. The molecule has 2 nitrogen and oxygen atoms in total. The van der Waals surface area contributed by atoms with Crippen LogP contribution in [0.3, 0.4) is 0 Å². The Morgan fingerprint density at radius 1 is 1.27 bits per heavy atom. The summed E-state index contributed by atoms with van der Waals surface area (Å²) >= 11 is 0. The van der Waals surface area contributed by atoms with Gasteiger partial charge in [0.15, 0.2) is 0 Å². The predicted octanol–water partition coefficient (Wildman–Crippen LogP) is 2.29. The first-order valence-electron chi connectivity index (χ1n) is 5.67. The number of nitrogens with one attached hydrogen (secondary N) is 1. The van der Waals surface area contributed by atoms with E-state index in [-0.39, 0.29) is 0 Å². The Kier molecular flexibility index (Phi) is 3.27. The molecule has 1 N–H and O–H groups in total. The van der Waals surface area contributed by atoms with E-state index in [1.165, 1.54) is 17.5 Å². The van der Waals surface area contributed by atoms with E-state index >= 15 is 0 Å². The molecule has 15 heavy (non-hydrogen) atoms. The molecular formula is C13H19NO. The lowest BCUT2D eigenvalue weighted by atomic mass is 10.0. The monoisotopic (exact) mass is 205 g/mol. The molecule has 0 aliphatic carbocycles. The number of para-hydroxylation sites is 1. The summed E-state index contributed by atoms with van der Waals surface area (Å²) in [6.07, 6.45) is 1.17. The molecule has 82 valence electrons. The van der Waals surface area contributed by atoms with Crippen molar-refractivity contribution in [2.75, 3.05) is 19.7 Å². The summed E-state index contributed by atoms with van der Waals surface area (Å²) in [6, 6.07) is 6.29. The van der Waals surface area contributed by atoms with Gasteiger partial charge in [-0.15, -0.1) is 0 Å². The highest BCUT2D eigenvalue weighted by Crippen LogP contribution is 2.23. The number of aryl methyl sites for hydroxylation is 2. The minimum atomic E-state index is 0.828. The Morgan fingerprint density at radius 2 is 1.93 bits per heavy atom. The molecule has 1 aliphatic rings. The third-order valence-electron chi connectivity index (χ3n) is 3.05. The topological polar surface area (TPSA) is 21.3 Å². The Balaban J connectivity index is 1.86. The first-order chi connectivity index (χ1) is 7.27. The lowest BCUT2D eigenvalue weighted by Gasteiger charge is -2.27. The Morgan fingerprint density at radius 3 is 2.47 bits per heavy atom. The van der Waals surface area contributed by atoms with E-state index in [9.17, 15) is 0 Å². The van der Waals surface area contributed by atoms with Gasteiger partial charge in [0, 0.05) is 0 Å². The van der Waals surface area contributed by atoms with Crippen LogP contribution >= 0.6 is 0 Å². The van der Waals surface area contributed by atoms with Crippen LogP contribution in [-0.4, -0.2) is 19.7 Å². The number of hydrogen-bond acceptors (Lipinski definition) is 2. The summed E-state index contributed by atoms with van der Waals surface area (Å²) in [5, 5.41) is 3.28. The molecule has 2 heteroatoms. The van der Waals surface area contributed by atoms with Gasteiger partial charge < -0.3 is 10.1 Å². The summed E-state index contributed by atoms with van der Waals surface area (Å²) in [5.41, 5.74) is 2.48. The van der Waals surface area contributed by atoms with Crippen molar-refractivity contribution in [3.05, 3.63) is 29.3 Å². The maximum absolute atomic E-state index is 5.85. The van der Waals surface area contributed by atoms with Gasteiger partial charge in [0.05, 0.1) is 6.61 Å². The normalized spacial score (nSPS) is 16.1. The van der Waals surface area contributed by atoms with E-state index in [1.807, 2.05) is 0 Å². The summed E-state index contributed by atoms with van der Waals surface area (Å²) < 4.78 is 5.85. The van der Waals surface area contributed by atoms with Crippen LogP contribution < -0.4 is 10.1 Å². The molecule has 0 spiro atoms. The molecule has 1 heterocycles. The van der Waals surface area contributed by atoms with Gasteiger partial charge in [-0.25, -0.2) is 0 Å². The van der Waals surface area contributed by atoms with E-state index < -0.39 is 0 Å². The molecule has 1 aromatic rings. The Labute approximate surface area is 91.6 Å². The van der Waals surface area contributed by atoms with Crippen molar-refractivity contribution in [1.29, 1.82) is 0 Å². The predicted molar refractivity (Wildman–Crippen MR) is 62.4 cm³/mol. The first kappa shape index (κ1) is 10.5. The second-order valence-electron chi connectivity index (χ2n) is 4.38. The molecule has 0 radical (unpaired) electrons. The maximum Gasteiger partial charge on any atom is 0.125 e. The van der Waals surface area contributed by atoms with Crippen LogP contribution in [0.1, 0.15) is 17.5 Å². The van der Waals surface area contributed by atoms with Crippen LogP contribution in [0.15, 0.2) is 18.2 Å². The molecule has 0 amide bonds. The van der Waals surface area contributed by atoms with Gasteiger partial charge in [-0.2, -0.15) is 0 Å². The number of ether oxygens (including phenoxy) is 1. The molecule has 1 saturated heterocycles. The van der Waals surface area contributed by atoms with E-state index in [2.05, 4.69) is 37.4 Å². The van der Waals surface area contributed by atoms with Gasteiger partial charge in [0.25, 0.3) is 0 Å². The van der Waals surface area contributed by atoms with Crippen LogP contribution in [0.4, 0.5) is 0 Å². The molecule has 0 unspecified atom stereocenters. The minimum absolute atomic E-state index is 0.828. The second kappa shape index (κ2) is 4.67. The van der Waals surface area contributed by atoms with Gasteiger partial charge in [-0.05, 0) is 50.4 Å². The highest BCUT2D eigenvalue weighted by molar-refractivity contribution is 5.39. The summed E-state index contributed by atoms with van der Waals surface area (Å²) in [4.78, 5) is 0. The van der Waals surface area contributed by atoms with Gasteiger partial charge in [0.1, 0.15) is 5.75 Å². The molecule has 1 aliphatic heterocycles. The zero-order valence-corrected chi connectivity index (χ0v) is 9.55. The molecule has 0 bridgehead atoms. The zero-order chi connectivity index (χ0) is 10.7. The number of rotatable bonds is 4. The van der Waals surface area contributed by atoms with Gasteiger partial charge >= 0.3 is 0 Å².